The van der Waals surface area contributed by atoms with E-state index in [1.54, 1.807) is 0 Å². The first-order chi connectivity index (χ1) is 14.1. The van der Waals surface area contributed by atoms with Gasteiger partial charge in [0.15, 0.2) is 0 Å². The van der Waals surface area contributed by atoms with Crippen LogP contribution in [0.25, 0.3) is 0 Å². The van der Waals surface area contributed by atoms with Crippen molar-refractivity contribution in [3.8, 4) is 5.75 Å². The Morgan fingerprint density at radius 1 is 1.21 bits per heavy atom. The van der Waals surface area contributed by atoms with Crippen molar-refractivity contribution in [1.29, 1.82) is 0 Å². The molecule has 2 heterocycles. The molecule has 6 heteroatoms. The lowest BCUT2D eigenvalue weighted by Gasteiger charge is -2.30. The molecule has 2 saturated heterocycles. The number of ether oxygens (including phenoxy) is 2. The molecule has 2 fully saturated rings. The van der Waals surface area contributed by atoms with E-state index in [-0.39, 0.29) is 6.10 Å². The zero-order valence-corrected chi connectivity index (χ0v) is 17.8. The maximum atomic E-state index is 10.3. The second-order valence-electron chi connectivity index (χ2n) is 8.73. The van der Waals surface area contributed by atoms with Gasteiger partial charge in [-0.3, -0.25) is 0 Å². The molecule has 0 radical (unpaired) electrons. The summed E-state index contributed by atoms with van der Waals surface area (Å²) in [6, 6.07) is 8.19. The third-order valence-electron chi connectivity index (χ3n) is 6.08. The van der Waals surface area contributed by atoms with Gasteiger partial charge in [0, 0.05) is 39.4 Å². The fraction of sp³-hybridized carbons (Fsp3) is 0.739. The summed E-state index contributed by atoms with van der Waals surface area (Å²) >= 11 is 0. The molecule has 0 aliphatic carbocycles. The average molecular weight is 407 g/mol. The molecule has 0 unspecified atom stereocenters. The van der Waals surface area contributed by atoms with Crippen molar-refractivity contribution in [2.24, 2.45) is 5.92 Å². The lowest BCUT2D eigenvalue weighted by molar-refractivity contribution is 0.0337. The highest BCUT2D eigenvalue weighted by Crippen LogP contribution is 2.20. The molecule has 0 bridgehead atoms. The van der Waals surface area contributed by atoms with Crippen LogP contribution < -0.4 is 4.74 Å². The number of hydrogen-bond donors (Lipinski definition) is 2. The fourth-order valence-corrected chi connectivity index (χ4v) is 4.21. The van der Waals surface area contributed by atoms with Gasteiger partial charge >= 0.3 is 0 Å². The second kappa shape index (κ2) is 11.9. The Hall–Kier alpha value is -1.18. The fourth-order valence-electron chi connectivity index (χ4n) is 4.21. The zero-order chi connectivity index (χ0) is 20.5. The molecular formula is C23H38N2O4. The molecule has 6 nitrogen and oxygen atoms in total. The predicted octanol–water partition coefficient (Wildman–Crippen LogP) is 2.13. The Balaban J connectivity index is 1.37. The average Bonchev–Trinajstić information content (AvgIpc) is 2.73. The van der Waals surface area contributed by atoms with E-state index in [4.69, 9.17) is 9.47 Å². The largest absolute Gasteiger partial charge is 0.491 e. The van der Waals surface area contributed by atoms with Crippen LogP contribution in [0.2, 0.25) is 0 Å². The molecule has 0 spiro atoms. The number of nitrogens with zero attached hydrogens (tertiary/aromatic N) is 2. The molecule has 1 atom stereocenters. The van der Waals surface area contributed by atoms with E-state index in [0.717, 1.165) is 63.9 Å². The van der Waals surface area contributed by atoms with Crippen molar-refractivity contribution >= 4 is 0 Å². The second-order valence-corrected chi connectivity index (χ2v) is 8.73. The Bertz CT molecular complexity index is 586. The standard InChI is InChI=1S/C23H38N2O4/c1-24(10-5-19-8-13-28-14-9-19)16-20-3-2-4-23(15-20)29-18-22(27)17-25-11-6-21(26)7-12-25/h2-4,15,19,21-22,26-27H,5-14,16-18H2,1H3/t22-/m1/s1. The summed E-state index contributed by atoms with van der Waals surface area (Å²) in [5.41, 5.74) is 1.23. The maximum absolute atomic E-state index is 10.3. The highest BCUT2D eigenvalue weighted by Gasteiger charge is 2.19. The van der Waals surface area contributed by atoms with Crippen LogP contribution in [0.15, 0.2) is 24.3 Å². The monoisotopic (exact) mass is 406 g/mol. The molecule has 2 N–H and O–H groups in total. The van der Waals surface area contributed by atoms with Gasteiger partial charge in [-0.1, -0.05) is 12.1 Å². The number of aliphatic hydroxyl groups is 2. The molecule has 164 valence electrons. The Kier molecular flexibility index (Phi) is 9.21. The van der Waals surface area contributed by atoms with Crippen LogP contribution in [0.5, 0.6) is 5.75 Å². The molecule has 1 aromatic rings. The van der Waals surface area contributed by atoms with Gasteiger partial charge in [0.2, 0.25) is 0 Å². The van der Waals surface area contributed by atoms with E-state index in [2.05, 4.69) is 29.0 Å². The summed E-state index contributed by atoms with van der Waals surface area (Å²) in [6.07, 6.45) is 4.49. The van der Waals surface area contributed by atoms with Crippen LogP contribution in [0, 0.1) is 5.92 Å². The van der Waals surface area contributed by atoms with Crippen molar-refractivity contribution in [2.75, 3.05) is 53.0 Å². The molecule has 0 aromatic heterocycles. The third-order valence-corrected chi connectivity index (χ3v) is 6.08. The van der Waals surface area contributed by atoms with Crippen molar-refractivity contribution in [3.63, 3.8) is 0 Å². The van der Waals surface area contributed by atoms with Gasteiger partial charge in [0.25, 0.3) is 0 Å². The van der Waals surface area contributed by atoms with Crippen molar-refractivity contribution in [2.45, 2.75) is 50.9 Å². The molecule has 0 saturated carbocycles. The van der Waals surface area contributed by atoms with Crippen LogP contribution in [0.4, 0.5) is 0 Å². The first kappa shape index (κ1) is 22.5. The number of piperidine rings is 1. The summed E-state index contributed by atoms with van der Waals surface area (Å²) < 4.78 is 11.3. The van der Waals surface area contributed by atoms with Crippen LogP contribution >= 0.6 is 0 Å². The molecule has 0 amide bonds. The summed E-state index contributed by atoms with van der Waals surface area (Å²) in [6.45, 7) is 6.40. The maximum Gasteiger partial charge on any atom is 0.119 e. The minimum Gasteiger partial charge on any atom is -0.491 e. The minimum absolute atomic E-state index is 0.183. The van der Waals surface area contributed by atoms with Gasteiger partial charge in [0.05, 0.1) is 6.10 Å². The van der Waals surface area contributed by atoms with Crippen molar-refractivity contribution < 1.29 is 19.7 Å². The number of β-amino-alcohol motifs (C(OH)–C–C–N with tert-alkyl or cyclic N) is 1. The van der Waals surface area contributed by atoms with E-state index in [1.807, 2.05) is 12.1 Å². The molecule has 2 aliphatic heterocycles. The summed E-state index contributed by atoms with van der Waals surface area (Å²) in [4.78, 5) is 4.57. The number of benzene rings is 1. The first-order valence-electron chi connectivity index (χ1n) is 11.1. The summed E-state index contributed by atoms with van der Waals surface area (Å²) in [5, 5.41) is 19.9. The van der Waals surface area contributed by atoms with E-state index >= 15 is 0 Å². The quantitative estimate of drug-likeness (QED) is 0.621. The number of aliphatic hydroxyl groups excluding tert-OH is 2. The zero-order valence-electron chi connectivity index (χ0n) is 17.8. The molecule has 3 rings (SSSR count). The van der Waals surface area contributed by atoms with E-state index in [9.17, 15) is 10.2 Å². The minimum atomic E-state index is -0.518. The normalized spacial score (nSPS) is 20.8. The van der Waals surface area contributed by atoms with Crippen LogP contribution in [-0.4, -0.2) is 85.3 Å². The lowest BCUT2D eigenvalue weighted by Crippen LogP contribution is -2.41. The molecule has 2 aliphatic rings. The highest BCUT2D eigenvalue weighted by molar-refractivity contribution is 5.28. The lowest BCUT2D eigenvalue weighted by atomic mass is 9.96. The molecular weight excluding hydrogens is 368 g/mol. The van der Waals surface area contributed by atoms with Gasteiger partial charge in [-0.2, -0.15) is 0 Å². The SMILES string of the molecule is CN(CCC1CCOCC1)Cc1cccc(OC[C@H](O)CN2CCC(O)CC2)c1. The smallest absolute Gasteiger partial charge is 0.119 e. The van der Waals surface area contributed by atoms with E-state index < -0.39 is 6.10 Å². The van der Waals surface area contributed by atoms with Gasteiger partial charge < -0.3 is 29.5 Å². The Morgan fingerprint density at radius 2 is 1.97 bits per heavy atom. The topological polar surface area (TPSA) is 65.4 Å². The molecule has 1 aromatic carbocycles. The number of rotatable bonds is 10. The summed E-state index contributed by atoms with van der Waals surface area (Å²) in [7, 11) is 2.17. The van der Waals surface area contributed by atoms with Crippen molar-refractivity contribution in [3.05, 3.63) is 29.8 Å². The van der Waals surface area contributed by atoms with Crippen molar-refractivity contribution in [1.82, 2.24) is 9.80 Å². The predicted molar refractivity (Wildman–Crippen MR) is 114 cm³/mol. The van der Waals surface area contributed by atoms with Crippen LogP contribution in [0.3, 0.4) is 0 Å². The Labute approximate surface area is 175 Å². The van der Waals surface area contributed by atoms with Gasteiger partial charge in [-0.15, -0.1) is 0 Å². The van der Waals surface area contributed by atoms with Gasteiger partial charge in [-0.25, -0.2) is 0 Å². The first-order valence-corrected chi connectivity index (χ1v) is 11.1. The van der Waals surface area contributed by atoms with Gasteiger partial charge in [-0.05, 0) is 69.3 Å². The number of likely N-dealkylation sites (tertiary alicyclic amines) is 1. The number of hydrogen-bond acceptors (Lipinski definition) is 6. The van der Waals surface area contributed by atoms with Crippen LogP contribution in [0.1, 0.15) is 37.7 Å². The summed E-state index contributed by atoms with van der Waals surface area (Å²) in [5.74, 6) is 1.61. The Morgan fingerprint density at radius 3 is 2.72 bits per heavy atom. The van der Waals surface area contributed by atoms with Crippen LogP contribution in [-0.2, 0) is 11.3 Å². The third kappa shape index (κ3) is 8.22. The van der Waals surface area contributed by atoms with E-state index in [1.165, 1.54) is 24.8 Å². The highest BCUT2D eigenvalue weighted by atomic mass is 16.5. The van der Waals surface area contributed by atoms with Gasteiger partial charge in [0.1, 0.15) is 18.5 Å². The molecule has 29 heavy (non-hydrogen) atoms. The van der Waals surface area contributed by atoms with E-state index in [0.29, 0.717) is 13.2 Å².